The van der Waals surface area contributed by atoms with E-state index >= 15 is 0 Å². The van der Waals surface area contributed by atoms with Crippen molar-refractivity contribution in [2.45, 2.75) is 37.5 Å². The summed E-state index contributed by atoms with van der Waals surface area (Å²) in [6.07, 6.45) is 3.81. The fourth-order valence-corrected chi connectivity index (χ4v) is 3.37. The predicted molar refractivity (Wildman–Crippen MR) is 69.0 cm³/mol. The van der Waals surface area contributed by atoms with Crippen molar-refractivity contribution in [2.24, 2.45) is 11.8 Å². The Bertz CT molecular complexity index is 469. The molecule has 5 heteroatoms. The first-order chi connectivity index (χ1) is 9.22. The Morgan fingerprint density at radius 3 is 2.84 bits per heavy atom. The van der Waals surface area contributed by atoms with Crippen LogP contribution in [0, 0.1) is 11.7 Å². The second-order valence-corrected chi connectivity index (χ2v) is 5.31. The molecule has 1 aromatic carbocycles. The van der Waals surface area contributed by atoms with Gasteiger partial charge in [0.05, 0.1) is 25.4 Å². The maximum Gasteiger partial charge on any atom is 0.165 e. The fraction of sp³-hybridized carbons (Fsp3) is 0.571. The molecule has 2 saturated heterocycles. The second kappa shape index (κ2) is 5.07. The van der Waals surface area contributed by atoms with E-state index in [4.69, 9.17) is 15.3 Å². The highest BCUT2D eigenvalue weighted by Crippen LogP contribution is 2.44. The van der Waals surface area contributed by atoms with Gasteiger partial charge in [0.2, 0.25) is 0 Å². The van der Waals surface area contributed by atoms with Crippen LogP contribution in [0.25, 0.3) is 0 Å². The van der Waals surface area contributed by atoms with Crippen molar-refractivity contribution in [2.75, 3.05) is 7.11 Å². The van der Waals surface area contributed by atoms with E-state index in [1.54, 1.807) is 6.07 Å². The minimum absolute atomic E-state index is 0.0734. The molecule has 0 saturated carbocycles. The molecule has 2 aliphatic rings. The Labute approximate surface area is 112 Å². The molecule has 3 N–H and O–H groups in total. The number of halogens is 1. The van der Waals surface area contributed by atoms with Crippen LogP contribution < -0.4 is 16.0 Å². The Morgan fingerprint density at radius 1 is 1.47 bits per heavy atom. The summed E-state index contributed by atoms with van der Waals surface area (Å²) in [6.45, 7) is 0. The summed E-state index contributed by atoms with van der Waals surface area (Å²) in [4.78, 5) is 0. The molecule has 0 radical (unpaired) electrons. The predicted octanol–water partition coefficient (Wildman–Crippen LogP) is 1.91. The molecule has 4 atom stereocenters. The Kier molecular flexibility index (Phi) is 3.43. The number of ether oxygens (including phenoxy) is 2. The Morgan fingerprint density at radius 2 is 2.32 bits per heavy atom. The SMILES string of the molecule is COc1ccc(C(NN)C2CC3CCC2O3)cc1F. The van der Waals surface area contributed by atoms with Crippen molar-refractivity contribution in [3.8, 4) is 5.75 Å². The van der Waals surface area contributed by atoms with Crippen molar-refractivity contribution in [3.05, 3.63) is 29.6 Å². The summed E-state index contributed by atoms with van der Waals surface area (Å²) in [5.41, 5.74) is 3.67. The highest BCUT2D eigenvalue weighted by Gasteiger charge is 2.44. The summed E-state index contributed by atoms with van der Waals surface area (Å²) in [6, 6.07) is 4.92. The molecule has 2 bridgehead atoms. The number of nitrogens with one attached hydrogen (secondary N) is 1. The number of hydrogen-bond donors (Lipinski definition) is 2. The van der Waals surface area contributed by atoms with Gasteiger partial charge in [-0.1, -0.05) is 6.07 Å². The first-order valence-corrected chi connectivity index (χ1v) is 6.68. The summed E-state index contributed by atoms with van der Waals surface area (Å²) >= 11 is 0. The van der Waals surface area contributed by atoms with Crippen molar-refractivity contribution >= 4 is 0 Å². The molecule has 0 aromatic heterocycles. The first-order valence-electron chi connectivity index (χ1n) is 6.68. The Hall–Kier alpha value is -1.17. The van der Waals surface area contributed by atoms with E-state index in [0.717, 1.165) is 24.8 Å². The van der Waals surface area contributed by atoms with Crippen LogP contribution in [0.5, 0.6) is 5.75 Å². The van der Waals surface area contributed by atoms with E-state index in [9.17, 15) is 4.39 Å². The molecule has 104 valence electrons. The monoisotopic (exact) mass is 266 g/mol. The van der Waals surface area contributed by atoms with Gasteiger partial charge in [-0.05, 0) is 37.0 Å². The number of rotatable bonds is 4. The van der Waals surface area contributed by atoms with Gasteiger partial charge in [-0.2, -0.15) is 0 Å². The number of nitrogens with two attached hydrogens (primary N) is 1. The highest BCUT2D eigenvalue weighted by atomic mass is 19.1. The summed E-state index contributed by atoms with van der Waals surface area (Å²) < 4.78 is 24.6. The smallest absolute Gasteiger partial charge is 0.165 e. The topological polar surface area (TPSA) is 56.5 Å². The molecule has 3 rings (SSSR count). The minimum Gasteiger partial charge on any atom is -0.494 e. The molecule has 1 aromatic rings. The molecule has 0 amide bonds. The lowest BCUT2D eigenvalue weighted by molar-refractivity contribution is 0.0856. The van der Waals surface area contributed by atoms with Crippen molar-refractivity contribution < 1.29 is 13.9 Å². The first kappa shape index (κ1) is 12.8. The average Bonchev–Trinajstić information content (AvgIpc) is 3.02. The largest absolute Gasteiger partial charge is 0.494 e. The van der Waals surface area contributed by atoms with Gasteiger partial charge >= 0.3 is 0 Å². The van der Waals surface area contributed by atoms with Crippen LogP contribution in [0.1, 0.15) is 30.9 Å². The zero-order chi connectivity index (χ0) is 13.4. The van der Waals surface area contributed by atoms with Gasteiger partial charge in [0.15, 0.2) is 11.6 Å². The van der Waals surface area contributed by atoms with E-state index in [1.165, 1.54) is 13.2 Å². The lowest BCUT2D eigenvalue weighted by Gasteiger charge is -2.28. The van der Waals surface area contributed by atoms with Crippen molar-refractivity contribution in [1.82, 2.24) is 5.43 Å². The quantitative estimate of drug-likeness (QED) is 0.645. The summed E-state index contributed by atoms with van der Waals surface area (Å²) in [7, 11) is 1.46. The van der Waals surface area contributed by atoms with Crippen LogP contribution >= 0.6 is 0 Å². The van der Waals surface area contributed by atoms with Gasteiger partial charge in [-0.25, -0.2) is 4.39 Å². The van der Waals surface area contributed by atoms with Gasteiger partial charge in [0.25, 0.3) is 0 Å². The lowest BCUT2D eigenvalue weighted by Crippen LogP contribution is -2.37. The molecular weight excluding hydrogens is 247 g/mol. The molecule has 0 aliphatic carbocycles. The molecule has 4 nitrogen and oxygen atoms in total. The average molecular weight is 266 g/mol. The van der Waals surface area contributed by atoms with E-state index < -0.39 is 0 Å². The minimum atomic E-state index is -0.357. The number of hydrazine groups is 1. The van der Waals surface area contributed by atoms with Gasteiger partial charge in [-0.15, -0.1) is 0 Å². The van der Waals surface area contributed by atoms with E-state index in [2.05, 4.69) is 5.43 Å². The Balaban J connectivity index is 1.84. The van der Waals surface area contributed by atoms with Gasteiger partial charge < -0.3 is 9.47 Å². The molecule has 2 fully saturated rings. The van der Waals surface area contributed by atoms with E-state index in [-0.39, 0.29) is 23.7 Å². The van der Waals surface area contributed by atoms with Crippen LogP contribution in [0.3, 0.4) is 0 Å². The normalized spacial score (nSPS) is 30.6. The third-order valence-corrected chi connectivity index (χ3v) is 4.30. The number of benzene rings is 1. The maximum atomic E-state index is 13.8. The molecule has 2 heterocycles. The van der Waals surface area contributed by atoms with Crippen LogP contribution in [-0.2, 0) is 4.74 Å². The van der Waals surface area contributed by atoms with Crippen LogP contribution in [0.4, 0.5) is 4.39 Å². The van der Waals surface area contributed by atoms with Crippen molar-refractivity contribution in [3.63, 3.8) is 0 Å². The molecular formula is C14H19FN2O2. The summed E-state index contributed by atoms with van der Waals surface area (Å²) in [5, 5.41) is 0. The molecule has 0 spiro atoms. The van der Waals surface area contributed by atoms with E-state index in [1.807, 2.05) is 6.07 Å². The second-order valence-electron chi connectivity index (χ2n) is 5.31. The third kappa shape index (κ3) is 2.22. The molecule has 2 aliphatic heterocycles. The van der Waals surface area contributed by atoms with Crippen LogP contribution in [0.2, 0.25) is 0 Å². The molecule has 19 heavy (non-hydrogen) atoms. The van der Waals surface area contributed by atoms with Crippen molar-refractivity contribution in [1.29, 1.82) is 0 Å². The highest BCUT2D eigenvalue weighted by molar-refractivity contribution is 5.31. The van der Waals surface area contributed by atoms with Gasteiger partial charge in [-0.3, -0.25) is 11.3 Å². The lowest BCUT2D eigenvalue weighted by atomic mass is 9.81. The maximum absolute atomic E-state index is 13.8. The van der Waals surface area contributed by atoms with Crippen LogP contribution in [0.15, 0.2) is 18.2 Å². The van der Waals surface area contributed by atoms with Gasteiger partial charge in [0, 0.05) is 5.92 Å². The zero-order valence-corrected chi connectivity index (χ0v) is 10.9. The number of methoxy groups -OCH3 is 1. The fourth-order valence-electron chi connectivity index (χ4n) is 3.37. The summed E-state index contributed by atoms with van der Waals surface area (Å²) in [5.74, 6) is 5.89. The standard InChI is InChI=1S/C14H19FN2O2/c1-18-13-4-2-8(6-11(13)15)14(17-16)10-7-9-3-5-12(10)19-9/h2,4,6,9-10,12,14,17H,3,5,7,16H2,1H3. The molecule has 4 unspecified atom stereocenters. The van der Waals surface area contributed by atoms with Gasteiger partial charge in [0.1, 0.15) is 0 Å². The van der Waals surface area contributed by atoms with E-state index in [0.29, 0.717) is 12.0 Å². The number of fused-ring (bicyclic) bond motifs is 2. The van der Waals surface area contributed by atoms with Crippen LogP contribution in [-0.4, -0.2) is 19.3 Å². The zero-order valence-electron chi connectivity index (χ0n) is 10.9. The third-order valence-electron chi connectivity index (χ3n) is 4.30. The number of hydrogen-bond acceptors (Lipinski definition) is 4.